The summed E-state index contributed by atoms with van der Waals surface area (Å²) in [7, 11) is 1.33. The summed E-state index contributed by atoms with van der Waals surface area (Å²) >= 11 is 5.53. The number of hydrogen-bond acceptors (Lipinski definition) is 5. The topological polar surface area (TPSA) is 98.3 Å². The second-order valence-electron chi connectivity index (χ2n) is 2.06. The summed E-state index contributed by atoms with van der Waals surface area (Å²) in [6.45, 7) is 0. The number of nitrogens with two attached hydrogens (primary N) is 1. The van der Waals surface area contributed by atoms with Gasteiger partial charge in [-0.05, 0) is 0 Å². The molecule has 7 heteroatoms. The minimum atomic E-state index is -1.28. The van der Waals surface area contributed by atoms with Gasteiger partial charge in [-0.3, -0.25) is 0 Å². The Kier molecular flexibility index (Phi) is 2.52. The van der Waals surface area contributed by atoms with E-state index in [2.05, 4.69) is 14.7 Å². The molecule has 0 radical (unpaired) electrons. The van der Waals surface area contributed by atoms with E-state index >= 15 is 0 Å². The third-order valence-corrected chi connectivity index (χ3v) is 1.49. The number of methoxy groups -OCH3 is 1. The van der Waals surface area contributed by atoms with Crippen LogP contribution in [-0.4, -0.2) is 28.2 Å². The Morgan fingerprint density at radius 2 is 2.23 bits per heavy atom. The number of aromatic nitrogens is 2. The Morgan fingerprint density at radius 1 is 1.62 bits per heavy atom. The van der Waals surface area contributed by atoms with Crippen LogP contribution >= 0.6 is 11.6 Å². The first-order valence-electron chi connectivity index (χ1n) is 3.16. The zero-order valence-electron chi connectivity index (χ0n) is 6.61. The van der Waals surface area contributed by atoms with E-state index in [0.29, 0.717) is 0 Å². The number of halogens is 1. The van der Waals surface area contributed by atoms with E-state index < -0.39 is 5.97 Å². The molecule has 6 nitrogen and oxygen atoms in total. The molecule has 1 rings (SSSR count). The average Bonchev–Trinajstić information content (AvgIpc) is 2.07. The number of carbonyl (C=O) groups is 1. The first kappa shape index (κ1) is 9.53. The number of carboxylic acid groups (broad SMARTS) is 1. The molecule has 0 spiro atoms. The van der Waals surface area contributed by atoms with Crippen molar-refractivity contribution in [2.75, 3.05) is 12.8 Å². The Labute approximate surface area is 78.3 Å². The molecule has 0 atom stereocenters. The third kappa shape index (κ3) is 1.78. The number of anilines is 1. The molecule has 1 aromatic rings. The van der Waals surface area contributed by atoms with E-state index in [1.807, 2.05) is 0 Å². The van der Waals surface area contributed by atoms with Crippen LogP contribution in [0.1, 0.15) is 10.5 Å². The summed E-state index contributed by atoms with van der Waals surface area (Å²) in [5.41, 5.74) is 4.89. The Bertz CT molecular complexity index is 355. The van der Waals surface area contributed by atoms with Crippen molar-refractivity contribution in [2.45, 2.75) is 0 Å². The van der Waals surface area contributed by atoms with Crippen molar-refractivity contribution >= 4 is 23.4 Å². The summed E-state index contributed by atoms with van der Waals surface area (Å²) in [5.74, 6) is -1.51. The first-order chi connectivity index (χ1) is 6.06. The number of aromatic carboxylic acids is 1. The summed E-state index contributed by atoms with van der Waals surface area (Å²) in [4.78, 5) is 17.6. The summed E-state index contributed by atoms with van der Waals surface area (Å²) in [6, 6.07) is 0. The van der Waals surface area contributed by atoms with Gasteiger partial charge in [0.2, 0.25) is 0 Å². The molecule has 0 fully saturated rings. The molecule has 0 saturated carbocycles. The molecule has 13 heavy (non-hydrogen) atoms. The van der Waals surface area contributed by atoms with Gasteiger partial charge in [-0.1, -0.05) is 11.6 Å². The fourth-order valence-electron chi connectivity index (χ4n) is 0.699. The molecule has 0 bridgehead atoms. The number of ether oxygens (including phenoxy) is 1. The summed E-state index contributed by atoms with van der Waals surface area (Å²) in [5, 5.41) is 8.44. The molecule has 0 aliphatic carbocycles. The van der Waals surface area contributed by atoms with Crippen molar-refractivity contribution in [1.82, 2.24) is 9.97 Å². The van der Waals surface area contributed by atoms with Crippen LogP contribution in [-0.2, 0) is 0 Å². The van der Waals surface area contributed by atoms with E-state index in [-0.39, 0.29) is 22.5 Å². The van der Waals surface area contributed by atoms with Gasteiger partial charge in [0, 0.05) is 0 Å². The number of hydrogen-bond donors (Lipinski definition) is 2. The first-order valence-corrected chi connectivity index (χ1v) is 3.54. The Hall–Kier alpha value is -1.56. The largest absolute Gasteiger partial charge is 0.479 e. The molecular weight excluding hydrogens is 198 g/mol. The van der Waals surface area contributed by atoms with E-state index in [9.17, 15) is 4.79 Å². The van der Waals surface area contributed by atoms with Crippen LogP contribution in [0.4, 0.5) is 5.82 Å². The van der Waals surface area contributed by atoms with Crippen LogP contribution in [0.25, 0.3) is 0 Å². The fraction of sp³-hybridized carbons (Fsp3) is 0.167. The average molecular weight is 204 g/mol. The highest BCUT2D eigenvalue weighted by Crippen LogP contribution is 2.21. The SMILES string of the molecule is COc1nc(N)c(C(=O)O)nc1Cl. The second-order valence-corrected chi connectivity index (χ2v) is 2.42. The predicted molar refractivity (Wildman–Crippen MR) is 45.0 cm³/mol. The predicted octanol–water partition coefficient (Wildman–Crippen LogP) is 0.419. The van der Waals surface area contributed by atoms with Crippen molar-refractivity contribution in [2.24, 2.45) is 0 Å². The number of rotatable bonds is 2. The van der Waals surface area contributed by atoms with Gasteiger partial charge in [-0.25, -0.2) is 9.78 Å². The van der Waals surface area contributed by atoms with Gasteiger partial charge in [-0.15, -0.1) is 0 Å². The van der Waals surface area contributed by atoms with Gasteiger partial charge < -0.3 is 15.6 Å². The molecule has 3 N–H and O–H groups in total. The highest BCUT2D eigenvalue weighted by Gasteiger charge is 2.15. The molecule has 0 saturated heterocycles. The monoisotopic (exact) mass is 203 g/mol. The highest BCUT2D eigenvalue weighted by atomic mass is 35.5. The lowest BCUT2D eigenvalue weighted by Crippen LogP contribution is -2.09. The molecule has 0 unspecified atom stereocenters. The highest BCUT2D eigenvalue weighted by molar-refractivity contribution is 6.30. The van der Waals surface area contributed by atoms with Crippen molar-refractivity contribution in [3.05, 3.63) is 10.8 Å². The van der Waals surface area contributed by atoms with Crippen LogP contribution in [0.2, 0.25) is 5.15 Å². The van der Waals surface area contributed by atoms with Crippen LogP contribution in [0.3, 0.4) is 0 Å². The van der Waals surface area contributed by atoms with Gasteiger partial charge in [0.1, 0.15) is 0 Å². The lowest BCUT2D eigenvalue weighted by atomic mass is 10.4. The maximum atomic E-state index is 10.5. The van der Waals surface area contributed by atoms with E-state index in [0.717, 1.165) is 0 Å². The maximum absolute atomic E-state index is 10.5. The third-order valence-electron chi connectivity index (χ3n) is 1.25. The standard InChI is InChI=1S/C6H6ClN3O3/c1-13-5-3(7)9-2(6(11)12)4(8)10-5/h1H3,(H2,8,10)(H,11,12). The zero-order valence-corrected chi connectivity index (χ0v) is 7.37. The van der Waals surface area contributed by atoms with Gasteiger partial charge >= 0.3 is 5.97 Å². The molecule has 1 aromatic heterocycles. The minimum Gasteiger partial charge on any atom is -0.479 e. The number of nitrogens with zero attached hydrogens (tertiary/aromatic N) is 2. The lowest BCUT2D eigenvalue weighted by Gasteiger charge is -2.03. The van der Waals surface area contributed by atoms with Crippen molar-refractivity contribution in [3.63, 3.8) is 0 Å². The Balaban J connectivity index is 3.28. The van der Waals surface area contributed by atoms with Crippen molar-refractivity contribution < 1.29 is 14.6 Å². The van der Waals surface area contributed by atoms with Crippen LogP contribution in [0, 0.1) is 0 Å². The van der Waals surface area contributed by atoms with Gasteiger partial charge in [0.05, 0.1) is 7.11 Å². The molecule has 0 amide bonds. The fourth-order valence-corrected chi connectivity index (χ4v) is 0.903. The van der Waals surface area contributed by atoms with Gasteiger partial charge in [-0.2, -0.15) is 4.98 Å². The Morgan fingerprint density at radius 3 is 2.69 bits per heavy atom. The van der Waals surface area contributed by atoms with Gasteiger partial charge in [0.15, 0.2) is 16.7 Å². The molecule has 1 heterocycles. The van der Waals surface area contributed by atoms with Crippen molar-refractivity contribution in [1.29, 1.82) is 0 Å². The smallest absolute Gasteiger partial charge is 0.358 e. The normalized spacial score (nSPS) is 9.69. The lowest BCUT2D eigenvalue weighted by molar-refractivity contribution is 0.0691. The minimum absolute atomic E-state index is 0.00386. The molecule has 0 aromatic carbocycles. The van der Waals surface area contributed by atoms with Gasteiger partial charge in [0.25, 0.3) is 5.88 Å². The summed E-state index contributed by atoms with van der Waals surface area (Å²) in [6.07, 6.45) is 0. The van der Waals surface area contributed by atoms with E-state index in [4.69, 9.17) is 22.4 Å². The quantitative estimate of drug-likeness (QED) is 0.723. The molecular formula is C6H6ClN3O3. The van der Waals surface area contributed by atoms with Crippen molar-refractivity contribution in [3.8, 4) is 5.88 Å². The second kappa shape index (κ2) is 3.44. The molecule has 70 valence electrons. The van der Waals surface area contributed by atoms with Crippen LogP contribution < -0.4 is 10.5 Å². The summed E-state index contributed by atoms with van der Waals surface area (Å²) < 4.78 is 4.68. The maximum Gasteiger partial charge on any atom is 0.358 e. The van der Waals surface area contributed by atoms with Crippen LogP contribution in [0.15, 0.2) is 0 Å². The van der Waals surface area contributed by atoms with E-state index in [1.54, 1.807) is 0 Å². The molecule has 0 aliphatic heterocycles. The molecule has 0 aliphatic rings. The van der Waals surface area contributed by atoms with Crippen LogP contribution in [0.5, 0.6) is 5.88 Å². The number of carboxylic acids is 1. The van der Waals surface area contributed by atoms with E-state index in [1.165, 1.54) is 7.11 Å². The number of nitrogen functional groups attached to an aromatic ring is 1. The zero-order chi connectivity index (χ0) is 10.0.